The van der Waals surface area contributed by atoms with Gasteiger partial charge in [0, 0.05) is 13.2 Å². The predicted octanol–water partition coefficient (Wildman–Crippen LogP) is 11.0. The van der Waals surface area contributed by atoms with E-state index in [1.807, 2.05) is 0 Å². The van der Waals surface area contributed by atoms with Gasteiger partial charge in [-0.15, -0.1) is 0 Å². The van der Waals surface area contributed by atoms with Gasteiger partial charge in [-0.3, -0.25) is 0 Å². The molecular formula is C40H86NaO5P. The Bertz CT molecular complexity index is 562. The van der Waals surface area contributed by atoms with Crippen LogP contribution in [0, 0.1) is 11.8 Å². The van der Waals surface area contributed by atoms with Crippen molar-refractivity contribution in [2.24, 2.45) is 11.8 Å². The third kappa shape index (κ3) is 51.5. The number of phosphoric acid groups is 1. The van der Waals surface area contributed by atoms with Gasteiger partial charge in [0.05, 0.1) is 0 Å². The smallest absolute Gasteiger partial charge is 1.00 e. The van der Waals surface area contributed by atoms with Gasteiger partial charge in [-0.2, -0.15) is 0 Å². The number of rotatable bonds is 36. The van der Waals surface area contributed by atoms with E-state index in [9.17, 15) is 0 Å². The Hall–Kier alpha value is 1.07. The number of hydrogen-bond donors (Lipinski definition) is 3. The minimum atomic E-state index is -4.64. The minimum Gasteiger partial charge on any atom is -1.00 e. The van der Waals surface area contributed by atoms with E-state index in [-0.39, 0.29) is 31.0 Å². The van der Waals surface area contributed by atoms with Crippen molar-refractivity contribution >= 4 is 7.82 Å². The maximum Gasteiger partial charge on any atom is 1.00 e. The molecular weight excluding hydrogens is 614 g/mol. The molecule has 0 saturated heterocycles. The average molecular weight is 701 g/mol. The van der Waals surface area contributed by atoms with Crippen molar-refractivity contribution in [3.05, 3.63) is 0 Å². The molecule has 0 saturated carbocycles. The van der Waals surface area contributed by atoms with E-state index < -0.39 is 7.82 Å². The first-order chi connectivity index (χ1) is 22.3. The van der Waals surface area contributed by atoms with Crippen LogP contribution in [0.3, 0.4) is 0 Å². The van der Waals surface area contributed by atoms with Crippen LogP contribution >= 0.6 is 7.82 Å². The largest absolute Gasteiger partial charge is 1.00 e. The first kappa shape index (κ1) is 52.4. The van der Waals surface area contributed by atoms with E-state index in [4.69, 9.17) is 24.0 Å². The molecule has 282 valence electrons. The van der Waals surface area contributed by atoms with Crippen molar-refractivity contribution in [3.63, 3.8) is 0 Å². The third-order valence-corrected chi connectivity index (χ3v) is 9.57. The van der Waals surface area contributed by atoms with Crippen molar-refractivity contribution in [1.29, 1.82) is 0 Å². The van der Waals surface area contributed by atoms with Gasteiger partial charge in [0.15, 0.2) is 0 Å². The molecule has 0 amide bonds. The van der Waals surface area contributed by atoms with Gasteiger partial charge in [0.25, 0.3) is 0 Å². The molecule has 2 unspecified atom stereocenters. The van der Waals surface area contributed by atoms with Gasteiger partial charge in [-0.25, -0.2) is 4.57 Å². The van der Waals surface area contributed by atoms with Crippen molar-refractivity contribution in [1.82, 2.24) is 0 Å². The summed E-state index contributed by atoms with van der Waals surface area (Å²) < 4.78 is 15.5. The van der Waals surface area contributed by atoms with Crippen molar-refractivity contribution in [2.75, 3.05) is 13.2 Å². The normalized spacial score (nSPS) is 12.7. The standard InChI is InChI=1S/C40H82O.Na.H3O4P.H/c1-5-9-13-17-21-23-27-31-35-39(33-29-25-19-15-11-7-3)37-41-38-40(34-30-26-20-16-12-8-4)36-32-28-24-22-18-14-10-6-2;;1-5(2,3)4;/h39-40H,5-38H2,1-4H3;;(H3,1,2,3,4);/q;+1;;-1. The molecule has 0 aliphatic heterocycles. The first-order valence-electron chi connectivity index (χ1n) is 20.6. The molecule has 0 spiro atoms. The summed E-state index contributed by atoms with van der Waals surface area (Å²) in [5.74, 6) is 1.61. The summed E-state index contributed by atoms with van der Waals surface area (Å²) in [6.45, 7) is 11.4. The van der Waals surface area contributed by atoms with Gasteiger partial charge in [-0.05, 0) is 37.5 Å². The summed E-state index contributed by atoms with van der Waals surface area (Å²) in [5.41, 5.74) is 0. The molecule has 0 heterocycles. The van der Waals surface area contributed by atoms with Gasteiger partial charge in [-0.1, -0.05) is 207 Å². The fourth-order valence-corrected chi connectivity index (χ4v) is 6.58. The van der Waals surface area contributed by atoms with Crippen LogP contribution in [-0.2, 0) is 9.30 Å². The van der Waals surface area contributed by atoms with Crippen LogP contribution in [0.4, 0.5) is 0 Å². The van der Waals surface area contributed by atoms with Crippen LogP contribution in [0.15, 0.2) is 0 Å². The molecule has 0 aliphatic carbocycles. The van der Waals surface area contributed by atoms with Crippen molar-refractivity contribution < 1.29 is 55.0 Å². The molecule has 0 aliphatic rings. The summed E-state index contributed by atoms with van der Waals surface area (Å²) >= 11 is 0. The predicted molar refractivity (Wildman–Crippen MR) is 204 cm³/mol. The zero-order chi connectivity index (χ0) is 34.4. The number of unbranched alkanes of at least 4 members (excludes halogenated alkanes) is 24. The Labute approximate surface area is 319 Å². The average Bonchev–Trinajstić information content (AvgIpc) is 3.01. The van der Waals surface area contributed by atoms with Gasteiger partial charge in [0.1, 0.15) is 0 Å². The van der Waals surface area contributed by atoms with E-state index in [0.717, 1.165) is 25.0 Å². The molecule has 0 fully saturated rings. The maximum absolute atomic E-state index is 8.88. The fraction of sp³-hybridized carbons (Fsp3) is 1.00. The van der Waals surface area contributed by atoms with E-state index in [1.54, 1.807) is 0 Å². The van der Waals surface area contributed by atoms with Crippen LogP contribution in [0.5, 0.6) is 0 Å². The molecule has 0 bridgehead atoms. The van der Waals surface area contributed by atoms with Crippen LogP contribution in [-0.4, -0.2) is 27.9 Å². The maximum atomic E-state index is 8.88. The van der Waals surface area contributed by atoms with Crippen LogP contribution in [0.25, 0.3) is 0 Å². The van der Waals surface area contributed by atoms with Gasteiger partial charge in [0.2, 0.25) is 0 Å². The summed E-state index contributed by atoms with van der Waals surface area (Å²) in [4.78, 5) is 21.6. The number of hydrogen-bond acceptors (Lipinski definition) is 2. The third-order valence-electron chi connectivity index (χ3n) is 9.57. The van der Waals surface area contributed by atoms with E-state index >= 15 is 0 Å². The molecule has 47 heavy (non-hydrogen) atoms. The summed E-state index contributed by atoms with van der Waals surface area (Å²) in [7, 11) is -4.64. The second kappa shape index (κ2) is 43.2. The van der Waals surface area contributed by atoms with Crippen LogP contribution < -0.4 is 29.6 Å². The molecule has 3 N–H and O–H groups in total. The van der Waals surface area contributed by atoms with Crippen LogP contribution in [0.1, 0.15) is 235 Å². The molecule has 0 aromatic rings. The van der Waals surface area contributed by atoms with E-state index in [1.165, 1.54) is 205 Å². The molecule has 0 radical (unpaired) electrons. The van der Waals surface area contributed by atoms with Crippen molar-refractivity contribution in [2.45, 2.75) is 233 Å². The van der Waals surface area contributed by atoms with E-state index in [2.05, 4.69) is 27.7 Å². The Morgan fingerprint density at radius 2 is 0.574 bits per heavy atom. The molecule has 0 aromatic heterocycles. The van der Waals surface area contributed by atoms with Crippen molar-refractivity contribution in [3.8, 4) is 0 Å². The van der Waals surface area contributed by atoms with E-state index in [0.29, 0.717) is 0 Å². The molecule has 0 rings (SSSR count). The molecule has 2 atom stereocenters. The Morgan fingerprint density at radius 3 is 0.766 bits per heavy atom. The monoisotopic (exact) mass is 701 g/mol. The Morgan fingerprint density at radius 1 is 0.404 bits per heavy atom. The zero-order valence-electron chi connectivity index (χ0n) is 33.8. The topological polar surface area (TPSA) is 87.0 Å². The number of ether oxygens (including phenoxy) is 1. The molecule has 7 heteroatoms. The Kier molecular flexibility index (Phi) is 48.2. The molecule has 0 aromatic carbocycles. The zero-order valence-corrected chi connectivity index (χ0v) is 35.7. The quantitative estimate of drug-likeness (QED) is 0.0344. The summed E-state index contributed by atoms with van der Waals surface area (Å²) in [5, 5.41) is 0. The van der Waals surface area contributed by atoms with Gasteiger partial charge < -0.3 is 20.8 Å². The Balaban J connectivity index is -0.00000128. The van der Waals surface area contributed by atoms with Gasteiger partial charge >= 0.3 is 37.4 Å². The SMILES string of the molecule is CCCCCCCCCCC(CCCCCCCC)COCC(CCCCCCCC)CCCCCCCCCC.O=P(O)(O)O.[H-].[Na+]. The van der Waals surface area contributed by atoms with Crippen LogP contribution in [0.2, 0.25) is 0 Å². The second-order valence-electron chi connectivity index (χ2n) is 14.4. The summed E-state index contributed by atoms with van der Waals surface area (Å²) in [6.07, 6.45) is 45.6. The minimum absolute atomic E-state index is 0. The fourth-order valence-electron chi connectivity index (χ4n) is 6.58. The summed E-state index contributed by atoms with van der Waals surface area (Å²) in [6, 6.07) is 0. The first-order valence-corrected chi connectivity index (χ1v) is 22.2. The second-order valence-corrected chi connectivity index (χ2v) is 15.4. The molecule has 5 nitrogen and oxygen atoms in total.